The molecule has 1 aliphatic carbocycles. The van der Waals surface area contributed by atoms with Crippen molar-refractivity contribution in [3.05, 3.63) is 23.5 Å². The Balaban J connectivity index is 2.52. The van der Waals surface area contributed by atoms with E-state index >= 15 is 0 Å². The summed E-state index contributed by atoms with van der Waals surface area (Å²) in [5, 5.41) is 29.9. The molecule has 1 fully saturated rings. The Morgan fingerprint density at radius 1 is 1.65 bits per heavy atom. The van der Waals surface area contributed by atoms with Gasteiger partial charge in [0.15, 0.2) is 0 Å². The molecule has 0 spiro atoms. The SMILES string of the molecule is CN(/C=C\C(NC=O)=C1CC1)C(O)CC(CO)OC#N. The first kappa shape index (κ1) is 16.0. The molecule has 0 aliphatic heterocycles. The van der Waals surface area contributed by atoms with Gasteiger partial charge in [-0.05, 0) is 24.5 Å². The third kappa shape index (κ3) is 5.30. The van der Waals surface area contributed by atoms with Crippen molar-refractivity contribution in [2.24, 2.45) is 0 Å². The van der Waals surface area contributed by atoms with Crippen LogP contribution in [-0.2, 0) is 9.53 Å². The van der Waals surface area contributed by atoms with Crippen LogP contribution in [0.25, 0.3) is 0 Å². The highest BCUT2D eigenvalue weighted by Gasteiger charge is 2.18. The number of nitriles is 1. The fraction of sp³-hybridized carbons (Fsp3) is 0.538. The van der Waals surface area contributed by atoms with E-state index in [0.29, 0.717) is 6.41 Å². The largest absolute Gasteiger partial charge is 0.422 e. The zero-order valence-corrected chi connectivity index (χ0v) is 11.3. The second-order valence-corrected chi connectivity index (χ2v) is 4.49. The van der Waals surface area contributed by atoms with Crippen molar-refractivity contribution in [1.82, 2.24) is 10.2 Å². The number of allylic oxidation sites excluding steroid dienone is 2. The van der Waals surface area contributed by atoms with Crippen LogP contribution in [0.15, 0.2) is 23.5 Å². The van der Waals surface area contributed by atoms with Gasteiger partial charge in [-0.2, -0.15) is 5.26 Å². The topological polar surface area (TPSA) is 106 Å². The van der Waals surface area contributed by atoms with Crippen molar-refractivity contribution < 1.29 is 19.7 Å². The molecule has 3 N–H and O–H groups in total. The summed E-state index contributed by atoms with van der Waals surface area (Å²) in [4.78, 5) is 12.0. The van der Waals surface area contributed by atoms with Gasteiger partial charge in [-0.25, -0.2) is 0 Å². The number of carbonyl (C=O) groups is 1. The molecule has 1 aliphatic rings. The highest BCUT2D eigenvalue weighted by atomic mass is 16.5. The molecule has 2 atom stereocenters. The lowest BCUT2D eigenvalue weighted by atomic mass is 10.2. The van der Waals surface area contributed by atoms with Crippen LogP contribution in [0.5, 0.6) is 0 Å². The van der Waals surface area contributed by atoms with E-state index in [0.717, 1.165) is 24.1 Å². The summed E-state index contributed by atoms with van der Waals surface area (Å²) in [7, 11) is 1.65. The number of aliphatic hydroxyl groups excluding tert-OH is 2. The highest BCUT2D eigenvalue weighted by molar-refractivity contribution is 5.53. The molecule has 20 heavy (non-hydrogen) atoms. The second kappa shape index (κ2) is 8.19. The standard InChI is InChI=1S/C13H19N3O4/c1-16(13(19)6-11(7-17)20-8-14)5-4-12(15-9-18)10-2-3-10/h4-5,9,11,13,17,19H,2-3,6-7H2,1H3,(H,15,18)/b5-4-. The van der Waals surface area contributed by atoms with Crippen molar-refractivity contribution in [3.8, 4) is 6.26 Å². The minimum absolute atomic E-state index is 0.0952. The molecule has 110 valence electrons. The molecule has 0 aromatic rings. The molecule has 0 heterocycles. The number of hydrogen-bond acceptors (Lipinski definition) is 6. The van der Waals surface area contributed by atoms with Crippen molar-refractivity contribution in [2.45, 2.75) is 31.6 Å². The molecule has 0 aromatic heterocycles. The van der Waals surface area contributed by atoms with Gasteiger partial charge in [0.2, 0.25) is 6.41 Å². The predicted octanol–water partition coefficient (Wildman–Crippen LogP) is -0.207. The van der Waals surface area contributed by atoms with Crippen LogP contribution in [0, 0.1) is 11.5 Å². The summed E-state index contributed by atoms with van der Waals surface area (Å²) < 4.78 is 4.60. The van der Waals surface area contributed by atoms with Crippen LogP contribution in [0.3, 0.4) is 0 Å². The molecular weight excluding hydrogens is 262 g/mol. The number of hydrogen-bond donors (Lipinski definition) is 3. The zero-order chi connectivity index (χ0) is 15.0. The van der Waals surface area contributed by atoms with Gasteiger partial charge in [0.05, 0.1) is 6.61 Å². The Morgan fingerprint density at radius 2 is 2.35 bits per heavy atom. The number of nitrogens with zero attached hydrogens (tertiary/aromatic N) is 2. The Labute approximate surface area is 117 Å². The van der Waals surface area contributed by atoms with Crippen LogP contribution in [-0.4, -0.2) is 47.5 Å². The lowest BCUT2D eigenvalue weighted by molar-refractivity contribution is -0.108. The Hall–Kier alpha value is -2.04. The summed E-state index contributed by atoms with van der Waals surface area (Å²) in [6.45, 7) is -0.343. The highest BCUT2D eigenvalue weighted by Crippen LogP contribution is 2.30. The molecule has 7 heteroatoms. The first-order chi connectivity index (χ1) is 9.62. The molecule has 1 saturated carbocycles. The summed E-state index contributed by atoms with van der Waals surface area (Å²) in [5.41, 5.74) is 1.91. The first-order valence-electron chi connectivity index (χ1n) is 6.28. The lowest BCUT2D eigenvalue weighted by Crippen LogP contribution is -2.33. The van der Waals surface area contributed by atoms with Crippen molar-refractivity contribution >= 4 is 6.41 Å². The maximum absolute atomic E-state index is 10.5. The molecule has 1 amide bonds. The van der Waals surface area contributed by atoms with E-state index in [1.54, 1.807) is 19.3 Å². The van der Waals surface area contributed by atoms with Crippen molar-refractivity contribution in [3.63, 3.8) is 0 Å². The van der Waals surface area contributed by atoms with Gasteiger partial charge < -0.3 is 25.2 Å². The normalized spacial score (nSPS) is 16.2. The van der Waals surface area contributed by atoms with E-state index in [9.17, 15) is 9.90 Å². The number of nitrogens with one attached hydrogen (secondary N) is 1. The number of ether oxygens (including phenoxy) is 1. The third-order valence-corrected chi connectivity index (χ3v) is 2.94. The van der Waals surface area contributed by atoms with Crippen LogP contribution < -0.4 is 5.32 Å². The van der Waals surface area contributed by atoms with Crippen LogP contribution in [0.4, 0.5) is 0 Å². The molecule has 7 nitrogen and oxygen atoms in total. The van der Waals surface area contributed by atoms with Gasteiger partial charge >= 0.3 is 0 Å². The van der Waals surface area contributed by atoms with Gasteiger partial charge in [-0.3, -0.25) is 4.79 Å². The number of carbonyl (C=O) groups excluding carboxylic acids is 1. The van der Waals surface area contributed by atoms with E-state index in [1.165, 1.54) is 11.2 Å². The summed E-state index contributed by atoms with van der Waals surface area (Å²) >= 11 is 0. The monoisotopic (exact) mass is 281 g/mol. The fourth-order valence-electron chi connectivity index (χ4n) is 1.59. The fourth-order valence-corrected chi connectivity index (χ4v) is 1.59. The molecule has 1 rings (SSSR count). The van der Waals surface area contributed by atoms with Gasteiger partial charge in [0.25, 0.3) is 6.26 Å². The van der Waals surface area contributed by atoms with E-state index in [2.05, 4.69) is 10.1 Å². The van der Waals surface area contributed by atoms with Gasteiger partial charge in [0.1, 0.15) is 12.3 Å². The summed E-state index contributed by atoms with van der Waals surface area (Å²) in [6, 6.07) is 0. The third-order valence-electron chi connectivity index (χ3n) is 2.94. The van der Waals surface area contributed by atoms with E-state index in [-0.39, 0.29) is 13.0 Å². The zero-order valence-electron chi connectivity index (χ0n) is 11.3. The molecule has 0 radical (unpaired) electrons. The number of amides is 1. The first-order valence-corrected chi connectivity index (χ1v) is 6.28. The second-order valence-electron chi connectivity index (χ2n) is 4.49. The Morgan fingerprint density at radius 3 is 2.85 bits per heavy atom. The molecule has 0 aromatic carbocycles. The van der Waals surface area contributed by atoms with Crippen LogP contribution >= 0.6 is 0 Å². The molecular formula is C13H19N3O4. The maximum atomic E-state index is 10.5. The van der Waals surface area contributed by atoms with Crippen molar-refractivity contribution in [1.29, 1.82) is 5.26 Å². The average molecular weight is 281 g/mol. The molecule has 0 bridgehead atoms. The van der Waals surface area contributed by atoms with Crippen LogP contribution in [0.2, 0.25) is 0 Å². The van der Waals surface area contributed by atoms with Gasteiger partial charge in [-0.1, -0.05) is 0 Å². The summed E-state index contributed by atoms with van der Waals surface area (Å²) in [6.07, 6.45) is 5.83. The van der Waals surface area contributed by atoms with E-state index in [4.69, 9.17) is 10.4 Å². The number of rotatable bonds is 9. The number of aliphatic hydroxyl groups is 2. The minimum Gasteiger partial charge on any atom is -0.422 e. The molecule has 0 saturated heterocycles. The molecule has 2 unspecified atom stereocenters. The maximum Gasteiger partial charge on any atom is 0.286 e. The average Bonchev–Trinajstić information content (AvgIpc) is 3.26. The quantitative estimate of drug-likeness (QED) is 0.307. The smallest absolute Gasteiger partial charge is 0.286 e. The van der Waals surface area contributed by atoms with Crippen molar-refractivity contribution in [2.75, 3.05) is 13.7 Å². The van der Waals surface area contributed by atoms with E-state index in [1.807, 2.05) is 0 Å². The van der Waals surface area contributed by atoms with Gasteiger partial charge in [-0.15, -0.1) is 0 Å². The summed E-state index contributed by atoms with van der Waals surface area (Å²) in [5.74, 6) is 0. The van der Waals surface area contributed by atoms with Crippen LogP contribution in [0.1, 0.15) is 19.3 Å². The van der Waals surface area contributed by atoms with E-state index < -0.39 is 12.3 Å². The predicted molar refractivity (Wildman–Crippen MR) is 70.6 cm³/mol. The van der Waals surface area contributed by atoms with Gasteiger partial charge in [0, 0.05) is 25.4 Å². The Bertz CT molecular complexity index is 422. The Kier molecular flexibility index (Phi) is 6.56. The lowest BCUT2D eigenvalue weighted by Gasteiger charge is -2.24. The minimum atomic E-state index is -0.904.